The molecular formula is C18H16N2O3. The lowest BCUT2D eigenvalue weighted by Gasteiger charge is -2.03. The number of imidazole rings is 1. The number of hydrogen-bond acceptors (Lipinski definition) is 3. The molecular weight excluding hydrogens is 292 g/mol. The molecule has 0 radical (unpaired) electrons. The van der Waals surface area contributed by atoms with E-state index in [9.17, 15) is 4.79 Å². The van der Waals surface area contributed by atoms with Crippen molar-refractivity contribution in [2.24, 2.45) is 0 Å². The lowest BCUT2D eigenvalue weighted by atomic mass is 10.1. The zero-order chi connectivity index (χ0) is 16.4. The van der Waals surface area contributed by atoms with Gasteiger partial charge in [0.05, 0.1) is 18.5 Å². The van der Waals surface area contributed by atoms with E-state index in [1.54, 1.807) is 13.2 Å². The summed E-state index contributed by atoms with van der Waals surface area (Å²) in [4.78, 5) is 15.5. The van der Waals surface area contributed by atoms with E-state index in [2.05, 4.69) is 4.98 Å². The first-order chi connectivity index (χ1) is 11.1. The van der Waals surface area contributed by atoms with E-state index in [-0.39, 0.29) is 0 Å². The van der Waals surface area contributed by atoms with E-state index in [4.69, 9.17) is 9.84 Å². The summed E-state index contributed by atoms with van der Waals surface area (Å²) in [7, 11) is 1.61. The van der Waals surface area contributed by atoms with E-state index < -0.39 is 5.97 Å². The number of pyridine rings is 1. The molecule has 3 rings (SSSR count). The number of rotatable bonds is 4. The highest BCUT2D eigenvalue weighted by Crippen LogP contribution is 2.27. The summed E-state index contributed by atoms with van der Waals surface area (Å²) in [6, 6.07) is 11.5. The van der Waals surface area contributed by atoms with E-state index in [1.165, 1.54) is 0 Å². The first kappa shape index (κ1) is 14.8. The Hall–Kier alpha value is -3.08. The van der Waals surface area contributed by atoms with Gasteiger partial charge in [-0.15, -0.1) is 0 Å². The number of fused-ring (bicyclic) bond motifs is 1. The van der Waals surface area contributed by atoms with Gasteiger partial charge in [0.15, 0.2) is 0 Å². The maximum Gasteiger partial charge on any atom is 0.328 e. The quantitative estimate of drug-likeness (QED) is 0.750. The van der Waals surface area contributed by atoms with Gasteiger partial charge in [-0.2, -0.15) is 0 Å². The van der Waals surface area contributed by atoms with E-state index in [1.807, 2.05) is 53.9 Å². The summed E-state index contributed by atoms with van der Waals surface area (Å²) >= 11 is 0. The molecule has 0 saturated carbocycles. The maximum absolute atomic E-state index is 10.9. The number of hydrogen-bond donors (Lipinski definition) is 1. The van der Waals surface area contributed by atoms with Gasteiger partial charge in [-0.25, -0.2) is 9.78 Å². The lowest BCUT2D eigenvalue weighted by Crippen LogP contribution is -1.91. The highest BCUT2D eigenvalue weighted by Gasteiger charge is 2.12. The van der Waals surface area contributed by atoms with Crippen molar-refractivity contribution in [2.45, 2.75) is 6.92 Å². The second-order valence-electron chi connectivity index (χ2n) is 5.18. The van der Waals surface area contributed by atoms with Crippen molar-refractivity contribution in [1.29, 1.82) is 0 Å². The molecule has 3 aromatic rings. The van der Waals surface area contributed by atoms with Crippen molar-refractivity contribution in [1.82, 2.24) is 9.38 Å². The Balaban J connectivity index is 2.20. The molecule has 0 aliphatic heterocycles. The highest BCUT2D eigenvalue weighted by atomic mass is 16.5. The normalized spacial score (nSPS) is 11.2. The summed E-state index contributed by atoms with van der Waals surface area (Å²) in [5.41, 5.74) is 4.24. The topological polar surface area (TPSA) is 63.8 Å². The SMILES string of the molecule is COc1ccc(-c2nc3cc(C)ccn3c2/C=C/C(=O)O)cc1. The average Bonchev–Trinajstić information content (AvgIpc) is 2.90. The second-order valence-corrected chi connectivity index (χ2v) is 5.18. The van der Waals surface area contributed by atoms with Gasteiger partial charge in [-0.1, -0.05) is 0 Å². The molecule has 0 spiro atoms. The third kappa shape index (κ3) is 2.94. The van der Waals surface area contributed by atoms with Gasteiger partial charge in [0, 0.05) is 17.8 Å². The standard InChI is InChI=1S/C18H16N2O3/c1-12-9-10-20-15(7-8-17(21)22)18(19-16(20)11-12)13-3-5-14(23-2)6-4-13/h3-11H,1-2H3,(H,21,22)/b8-7+. The van der Waals surface area contributed by atoms with Crippen LogP contribution in [0.25, 0.3) is 23.0 Å². The molecule has 116 valence electrons. The van der Waals surface area contributed by atoms with Gasteiger partial charge in [-0.3, -0.25) is 4.40 Å². The summed E-state index contributed by atoms with van der Waals surface area (Å²) in [6.07, 6.45) is 4.58. The average molecular weight is 308 g/mol. The van der Waals surface area contributed by atoms with Crippen molar-refractivity contribution in [3.8, 4) is 17.0 Å². The van der Waals surface area contributed by atoms with Crippen molar-refractivity contribution in [3.63, 3.8) is 0 Å². The zero-order valence-corrected chi connectivity index (χ0v) is 12.9. The third-order valence-corrected chi connectivity index (χ3v) is 3.57. The predicted molar refractivity (Wildman–Crippen MR) is 88.6 cm³/mol. The Bertz CT molecular complexity index is 893. The van der Waals surface area contributed by atoms with Crippen molar-refractivity contribution < 1.29 is 14.6 Å². The Morgan fingerprint density at radius 3 is 2.65 bits per heavy atom. The molecule has 1 N–H and O–H groups in total. The van der Waals surface area contributed by atoms with Crippen LogP contribution in [0.3, 0.4) is 0 Å². The summed E-state index contributed by atoms with van der Waals surface area (Å²) < 4.78 is 7.05. The van der Waals surface area contributed by atoms with Gasteiger partial charge in [0.25, 0.3) is 0 Å². The molecule has 0 aliphatic carbocycles. The number of aliphatic carboxylic acids is 1. The minimum atomic E-state index is -0.993. The summed E-state index contributed by atoms with van der Waals surface area (Å²) in [6.45, 7) is 1.99. The largest absolute Gasteiger partial charge is 0.497 e. The molecule has 23 heavy (non-hydrogen) atoms. The molecule has 0 amide bonds. The molecule has 0 atom stereocenters. The smallest absolute Gasteiger partial charge is 0.328 e. The van der Waals surface area contributed by atoms with Crippen LogP contribution in [0.1, 0.15) is 11.3 Å². The zero-order valence-electron chi connectivity index (χ0n) is 12.9. The Morgan fingerprint density at radius 1 is 1.26 bits per heavy atom. The fraction of sp³-hybridized carbons (Fsp3) is 0.111. The van der Waals surface area contributed by atoms with Crippen LogP contribution >= 0.6 is 0 Å². The number of carboxylic acid groups (broad SMARTS) is 1. The summed E-state index contributed by atoms with van der Waals surface area (Å²) in [5, 5.41) is 8.93. The van der Waals surface area contributed by atoms with Crippen LogP contribution in [-0.2, 0) is 4.79 Å². The maximum atomic E-state index is 10.9. The molecule has 0 fully saturated rings. The number of ether oxygens (including phenoxy) is 1. The molecule has 2 heterocycles. The molecule has 0 aliphatic rings. The van der Waals surface area contributed by atoms with Crippen molar-refractivity contribution in [2.75, 3.05) is 7.11 Å². The van der Waals surface area contributed by atoms with Crippen LogP contribution in [0.15, 0.2) is 48.7 Å². The van der Waals surface area contributed by atoms with Crippen LogP contribution in [0.2, 0.25) is 0 Å². The van der Waals surface area contributed by atoms with E-state index in [0.29, 0.717) is 0 Å². The van der Waals surface area contributed by atoms with Crippen LogP contribution in [0.5, 0.6) is 5.75 Å². The number of methoxy groups -OCH3 is 1. The van der Waals surface area contributed by atoms with Crippen LogP contribution in [-0.4, -0.2) is 27.6 Å². The molecule has 5 nitrogen and oxygen atoms in total. The second kappa shape index (κ2) is 5.96. The Kier molecular flexibility index (Phi) is 3.85. The molecule has 0 saturated heterocycles. The van der Waals surface area contributed by atoms with Gasteiger partial charge in [0.2, 0.25) is 0 Å². The number of benzene rings is 1. The highest BCUT2D eigenvalue weighted by molar-refractivity contribution is 5.87. The van der Waals surface area contributed by atoms with Gasteiger partial charge < -0.3 is 9.84 Å². The van der Waals surface area contributed by atoms with Gasteiger partial charge in [-0.05, 0) is 55.0 Å². The van der Waals surface area contributed by atoms with Crippen LogP contribution < -0.4 is 4.74 Å². The molecule has 1 aromatic carbocycles. The first-order valence-corrected chi connectivity index (χ1v) is 7.12. The third-order valence-electron chi connectivity index (χ3n) is 3.57. The number of carbonyl (C=O) groups is 1. The number of aryl methyl sites for hydroxylation is 1. The van der Waals surface area contributed by atoms with Crippen LogP contribution in [0.4, 0.5) is 0 Å². The van der Waals surface area contributed by atoms with E-state index in [0.717, 1.165) is 40.0 Å². The van der Waals surface area contributed by atoms with Crippen LogP contribution in [0, 0.1) is 6.92 Å². The monoisotopic (exact) mass is 308 g/mol. The fourth-order valence-corrected chi connectivity index (χ4v) is 2.44. The van der Waals surface area contributed by atoms with E-state index >= 15 is 0 Å². The number of carboxylic acids is 1. The minimum Gasteiger partial charge on any atom is -0.497 e. The summed E-state index contributed by atoms with van der Waals surface area (Å²) in [5.74, 6) is -0.233. The Morgan fingerprint density at radius 2 is 2.00 bits per heavy atom. The van der Waals surface area contributed by atoms with Gasteiger partial charge >= 0.3 is 5.97 Å². The molecule has 0 bridgehead atoms. The number of nitrogens with zero attached hydrogens (tertiary/aromatic N) is 2. The molecule has 5 heteroatoms. The van der Waals surface area contributed by atoms with Crippen molar-refractivity contribution >= 4 is 17.7 Å². The fourth-order valence-electron chi connectivity index (χ4n) is 2.44. The number of aromatic nitrogens is 2. The Labute approximate surface area is 133 Å². The first-order valence-electron chi connectivity index (χ1n) is 7.12. The molecule has 2 aromatic heterocycles. The van der Waals surface area contributed by atoms with Gasteiger partial charge in [0.1, 0.15) is 11.4 Å². The predicted octanol–water partition coefficient (Wildman–Crippen LogP) is 3.42. The lowest BCUT2D eigenvalue weighted by molar-refractivity contribution is -0.131. The van der Waals surface area contributed by atoms with Crippen molar-refractivity contribution in [3.05, 3.63) is 59.9 Å². The molecule has 0 unspecified atom stereocenters. The minimum absolute atomic E-state index is 0.729.